The summed E-state index contributed by atoms with van der Waals surface area (Å²) in [5.41, 5.74) is 1.51. The molecule has 5 heteroatoms. The van der Waals surface area contributed by atoms with Gasteiger partial charge in [-0.3, -0.25) is 9.88 Å². The van der Waals surface area contributed by atoms with Gasteiger partial charge in [0.1, 0.15) is 0 Å². The Kier molecular flexibility index (Phi) is 4.42. The van der Waals surface area contributed by atoms with E-state index in [-0.39, 0.29) is 0 Å². The van der Waals surface area contributed by atoms with Crippen LogP contribution in [0.15, 0.2) is 18.3 Å². The van der Waals surface area contributed by atoms with E-state index in [1.165, 1.54) is 0 Å². The number of anilines is 1. The first-order chi connectivity index (χ1) is 10.1. The summed E-state index contributed by atoms with van der Waals surface area (Å²) in [6, 6.07) is 4.13. The van der Waals surface area contributed by atoms with Gasteiger partial charge in [0.15, 0.2) is 0 Å². The lowest BCUT2D eigenvalue weighted by atomic mass is 9.91. The highest BCUT2D eigenvalue weighted by Crippen LogP contribution is 2.26. The van der Waals surface area contributed by atoms with Crippen molar-refractivity contribution in [1.29, 1.82) is 0 Å². The molecule has 5 nitrogen and oxygen atoms in total. The Morgan fingerprint density at radius 1 is 1.29 bits per heavy atom. The minimum Gasteiger partial charge on any atom is -0.387 e. The minimum absolute atomic E-state index is 0.625. The number of pyridine rings is 1. The molecule has 0 spiro atoms. The molecule has 0 amide bonds. The van der Waals surface area contributed by atoms with E-state index in [0.29, 0.717) is 6.54 Å². The molecule has 3 rings (SSSR count). The number of nitrogens with zero attached hydrogens (tertiary/aromatic N) is 3. The van der Waals surface area contributed by atoms with Gasteiger partial charge in [0.25, 0.3) is 0 Å². The third-order valence-corrected chi connectivity index (χ3v) is 4.44. The Balaban J connectivity index is 1.64. The third-order valence-electron chi connectivity index (χ3n) is 4.44. The number of aliphatic hydroxyl groups is 1. The van der Waals surface area contributed by atoms with Crippen molar-refractivity contribution in [2.24, 2.45) is 0 Å². The highest BCUT2D eigenvalue weighted by atomic mass is 16.5. The Morgan fingerprint density at radius 2 is 2.10 bits per heavy atom. The van der Waals surface area contributed by atoms with Crippen LogP contribution in [0.25, 0.3) is 0 Å². The molecular weight excluding hydrogens is 266 g/mol. The fraction of sp³-hybridized carbons (Fsp3) is 0.688. The van der Waals surface area contributed by atoms with Gasteiger partial charge in [-0.2, -0.15) is 0 Å². The number of aromatic nitrogens is 1. The molecule has 1 aromatic heterocycles. The summed E-state index contributed by atoms with van der Waals surface area (Å²) in [5.74, 6) is 0. The lowest BCUT2D eigenvalue weighted by Crippen LogP contribution is -2.56. The molecule has 0 aromatic carbocycles. The Bertz CT molecular complexity index is 459. The third kappa shape index (κ3) is 3.73. The number of β-amino-alcohol motifs (C(OH)–C–C–N with tert-alkyl or cyclic N) is 1. The Morgan fingerprint density at radius 3 is 2.81 bits per heavy atom. The molecule has 2 aliphatic rings. The molecule has 21 heavy (non-hydrogen) atoms. The molecule has 1 aromatic rings. The molecule has 0 radical (unpaired) electrons. The van der Waals surface area contributed by atoms with Crippen molar-refractivity contribution >= 4 is 5.69 Å². The zero-order valence-electron chi connectivity index (χ0n) is 12.8. The van der Waals surface area contributed by atoms with Crippen molar-refractivity contribution in [3.63, 3.8) is 0 Å². The van der Waals surface area contributed by atoms with Crippen molar-refractivity contribution in [2.45, 2.75) is 25.4 Å². The molecule has 0 aliphatic carbocycles. The maximum Gasteiger partial charge on any atom is 0.0948 e. The summed E-state index contributed by atoms with van der Waals surface area (Å²) in [4.78, 5) is 8.95. The van der Waals surface area contributed by atoms with Crippen molar-refractivity contribution in [3.8, 4) is 0 Å². The summed E-state index contributed by atoms with van der Waals surface area (Å²) >= 11 is 0. The van der Waals surface area contributed by atoms with Crippen LogP contribution in [-0.2, 0) is 4.74 Å². The highest BCUT2D eigenvalue weighted by molar-refractivity contribution is 5.45. The predicted molar refractivity (Wildman–Crippen MR) is 82.6 cm³/mol. The zero-order chi connectivity index (χ0) is 14.7. The average Bonchev–Trinajstić information content (AvgIpc) is 2.48. The van der Waals surface area contributed by atoms with Crippen LogP contribution in [-0.4, -0.2) is 66.5 Å². The first-order valence-corrected chi connectivity index (χ1v) is 7.85. The van der Waals surface area contributed by atoms with E-state index in [4.69, 9.17) is 4.74 Å². The summed E-state index contributed by atoms with van der Waals surface area (Å²) in [6.45, 7) is 7.83. The fourth-order valence-corrected chi connectivity index (χ4v) is 3.28. The molecule has 116 valence electrons. The second-order valence-corrected chi connectivity index (χ2v) is 6.30. The van der Waals surface area contributed by atoms with Crippen molar-refractivity contribution < 1.29 is 9.84 Å². The SMILES string of the molecule is Cc1ccc(N2CCCC(O)(CN3CCOCC3)C2)cn1. The van der Waals surface area contributed by atoms with Crippen LogP contribution in [0.4, 0.5) is 5.69 Å². The highest BCUT2D eigenvalue weighted by Gasteiger charge is 2.35. The van der Waals surface area contributed by atoms with Gasteiger partial charge >= 0.3 is 0 Å². The molecule has 2 aliphatic heterocycles. The van der Waals surface area contributed by atoms with Gasteiger partial charge in [-0.25, -0.2) is 0 Å². The second-order valence-electron chi connectivity index (χ2n) is 6.30. The molecule has 1 atom stereocenters. The fourth-order valence-electron chi connectivity index (χ4n) is 3.28. The average molecular weight is 291 g/mol. The first-order valence-electron chi connectivity index (χ1n) is 7.85. The second kappa shape index (κ2) is 6.30. The number of ether oxygens (including phenoxy) is 1. The molecule has 1 unspecified atom stereocenters. The Labute approximate surface area is 126 Å². The van der Waals surface area contributed by atoms with Gasteiger partial charge in [-0.1, -0.05) is 0 Å². The van der Waals surface area contributed by atoms with Crippen LogP contribution in [0.3, 0.4) is 0 Å². The van der Waals surface area contributed by atoms with Crippen LogP contribution in [0.2, 0.25) is 0 Å². The number of hydrogen-bond acceptors (Lipinski definition) is 5. The minimum atomic E-state index is -0.625. The van der Waals surface area contributed by atoms with Gasteiger partial charge in [-0.05, 0) is 31.9 Å². The summed E-state index contributed by atoms with van der Waals surface area (Å²) in [7, 11) is 0. The van der Waals surface area contributed by atoms with E-state index in [1.807, 2.05) is 19.2 Å². The van der Waals surface area contributed by atoms with Crippen molar-refractivity contribution in [1.82, 2.24) is 9.88 Å². The maximum atomic E-state index is 11.0. The van der Waals surface area contributed by atoms with E-state index in [1.54, 1.807) is 0 Å². The lowest BCUT2D eigenvalue weighted by Gasteiger charge is -2.43. The van der Waals surface area contributed by atoms with Crippen molar-refractivity contribution in [3.05, 3.63) is 24.0 Å². The summed E-state index contributed by atoms with van der Waals surface area (Å²) in [6.07, 6.45) is 3.81. The van der Waals surface area contributed by atoms with Crippen LogP contribution in [0.5, 0.6) is 0 Å². The summed E-state index contributed by atoms with van der Waals surface area (Å²) < 4.78 is 5.38. The quantitative estimate of drug-likeness (QED) is 0.902. The van der Waals surface area contributed by atoms with E-state index >= 15 is 0 Å². The van der Waals surface area contributed by atoms with E-state index < -0.39 is 5.60 Å². The van der Waals surface area contributed by atoms with E-state index in [2.05, 4.69) is 20.9 Å². The monoisotopic (exact) mass is 291 g/mol. The topological polar surface area (TPSA) is 48.8 Å². The zero-order valence-corrected chi connectivity index (χ0v) is 12.8. The van der Waals surface area contributed by atoms with Gasteiger partial charge in [0.05, 0.1) is 30.7 Å². The van der Waals surface area contributed by atoms with Gasteiger partial charge < -0.3 is 14.7 Å². The number of hydrogen-bond donors (Lipinski definition) is 1. The normalized spacial score (nSPS) is 27.8. The molecule has 0 bridgehead atoms. The summed E-state index contributed by atoms with van der Waals surface area (Å²) in [5, 5.41) is 11.0. The molecule has 0 saturated carbocycles. The number of morpholine rings is 1. The van der Waals surface area contributed by atoms with Gasteiger partial charge in [-0.15, -0.1) is 0 Å². The van der Waals surface area contributed by atoms with Crippen molar-refractivity contribution in [2.75, 3.05) is 50.8 Å². The van der Waals surface area contributed by atoms with Crippen LogP contribution < -0.4 is 4.90 Å². The van der Waals surface area contributed by atoms with Gasteiger partial charge in [0.2, 0.25) is 0 Å². The van der Waals surface area contributed by atoms with Crippen LogP contribution in [0, 0.1) is 6.92 Å². The smallest absolute Gasteiger partial charge is 0.0948 e. The first kappa shape index (κ1) is 14.8. The number of aryl methyl sites for hydroxylation is 1. The largest absolute Gasteiger partial charge is 0.387 e. The molecule has 1 N–H and O–H groups in total. The molecule has 3 heterocycles. The predicted octanol–water partition coefficient (Wildman–Crippen LogP) is 1.05. The lowest BCUT2D eigenvalue weighted by molar-refractivity contribution is -0.0382. The number of piperidine rings is 1. The molecular formula is C16H25N3O2. The van der Waals surface area contributed by atoms with Crippen LogP contribution >= 0.6 is 0 Å². The van der Waals surface area contributed by atoms with Crippen LogP contribution in [0.1, 0.15) is 18.5 Å². The van der Waals surface area contributed by atoms with E-state index in [9.17, 15) is 5.11 Å². The van der Waals surface area contributed by atoms with Gasteiger partial charge in [0, 0.05) is 38.4 Å². The maximum absolute atomic E-state index is 11.0. The molecule has 2 saturated heterocycles. The van der Waals surface area contributed by atoms with E-state index in [0.717, 1.165) is 63.6 Å². The molecule has 2 fully saturated rings. The standard InChI is InChI=1S/C16H25N3O2/c1-14-3-4-15(11-17-14)19-6-2-5-16(20,13-19)12-18-7-9-21-10-8-18/h3-4,11,20H,2,5-10,12-13H2,1H3. The number of rotatable bonds is 3. The Hall–Kier alpha value is -1.17.